The molecule has 1 aliphatic rings. The van der Waals surface area contributed by atoms with Gasteiger partial charge in [0.05, 0.1) is 6.54 Å². The molecule has 0 aliphatic carbocycles. The van der Waals surface area contributed by atoms with E-state index < -0.39 is 24.1 Å². The van der Waals surface area contributed by atoms with Crippen molar-refractivity contribution in [1.82, 2.24) is 10.2 Å². The first-order valence-electron chi connectivity index (χ1n) is 8.04. The van der Waals surface area contributed by atoms with Crippen LogP contribution >= 0.6 is 0 Å². The SMILES string of the molecule is Cc1ccc(CN2C(=O)N[C@](C)(c3ccc(OC(F)F)cc3)C2=O)cc1. The zero-order chi connectivity index (χ0) is 18.9. The summed E-state index contributed by atoms with van der Waals surface area (Å²) in [5, 5.41) is 2.69. The van der Waals surface area contributed by atoms with E-state index in [1.54, 1.807) is 6.92 Å². The maximum Gasteiger partial charge on any atom is 0.387 e. The van der Waals surface area contributed by atoms with Crippen molar-refractivity contribution in [3.05, 3.63) is 65.2 Å². The standard InChI is InChI=1S/C19H18F2N2O3/c1-12-3-5-13(6-4-12)11-23-16(24)19(2,22-18(23)25)14-7-9-15(10-8-14)26-17(20)21/h3-10,17H,11H2,1-2H3,(H,22,25)/t19-/m1/s1. The molecule has 0 saturated carbocycles. The lowest BCUT2D eigenvalue weighted by atomic mass is 9.92. The molecular weight excluding hydrogens is 342 g/mol. The monoisotopic (exact) mass is 360 g/mol. The Bertz CT molecular complexity index is 822. The van der Waals surface area contributed by atoms with Crippen LogP contribution in [-0.4, -0.2) is 23.4 Å². The number of benzene rings is 2. The molecule has 0 radical (unpaired) electrons. The Morgan fingerprint density at radius 3 is 2.27 bits per heavy atom. The molecule has 0 bridgehead atoms. The van der Waals surface area contributed by atoms with Gasteiger partial charge in [0, 0.05) is 0 Å². The van der Waals surface area contributed by atoms with Crippen LogP contribution in [0.1, 0.15) is 23.6 Å². The summed E-state index contributed by atoms with van der Waals surface area (Å²) in [5.74, 6) is -0.411. The third-order valence-electron chi connectivity index (χ3n) is 4.39. The number of alkyl halides is 2. The molecule has 1 N–H and O–H groups in total. The van der Waals surface area contributed by atoms with Crippen LogP contribution in [0.25, 0.3) is 0 Å². The maximum atomic E-state index is 12.9. The van der Waals surface area contributed by atoms with Crippen LogP contribution < -0.4 is 10.1 Å². The van der Waals surface area contributed by atoms with Crippen molar-refractivity contribution in [3.63, 3.8) is 0 Å². The van der Waals surface area contributed by atoms with Crippen LogP contribution in [0, 0.1) is 6.92 Å². The van der Waals surface area contributed by atoms with Gasteiger partial charge in [-0.2, -0.15) is 8.78 Å². The van der Waals surface area contributed by atoms with E-state index >= 15 is 0 Å². The van der Waals surface area contributed by atoms with E-state index in [4.69, 9.17) is 0 Å². The van der Waals surface area contributed by atoms with Crippen molar-refractivity contribution in [1.29, 1.82) is 0 Å². The van der Waals surface area contributed by atoms with Crippen molar-refractivity contribution >= 4 is 11.9 Å². The number of rotatable bonds is 5. The van der Waals surface area contributed by atoms with E-state index in [-0.39, 0.29) is 12.3 Å². The summed E-state index contributed by atoms with van der Waals surface area (Å²) >= 11 is 0. The Morgan fingerprint density at radius 1 is 1.08 bits per heavy atom. The van der Waals surface area contributed by atoms with Crippen LogP contribution in [0.3, 0.4) is 0 Å². The Morgan fingerprint density at radius 2 is 1.69 bits per heavy atom. The van der Waals surface area contributed by atoms with Crippen LogP contribution in [0.5, 0.6) is 5.75 Å². The van der Waals surface area contributed by atoms with Gasteiger partial charge in [-0.25, -0.2) is 4.79 Å². The lowest BCUT2D eigenvalue weighted by molar-refractivity contribution is -0.131. The summed E-state index contributed by atoms with van der Waals surface area (Å²) in [4.78, 5) is 26.3. The summed E-state index contributed by atoms with van der Waals surface area (Å²) < 4.78 is 28.8. The van der Waals surface area contributed by atoms with Gasteiger partial charge >= 0.3 is 12.6 Å². The molecular formula is C19H18F2N2O3. The van der Waals surface area contributed by atoms with Gasteiger partial charge in [-0.15, -0.1) is 0 Å². The molecule has 7 heteroatoms. The van der Waals surface area contributed by atoms with E-state index in [1.165, 1.54) is 24.3 Å². The zero-order valence-corrected chi connectivity index (χ0v) is 14.3. The van der Waals surface area contributed by atoms with Crippen LogP contribution in [-0.2, 0) is 16.9 Å². The number of nitrogens with one attached hydrogen (secondary N) is 1. The number of hydrogen-bond donors (Lipinski definition) is 1. The van der Waals surface area contributed by atoms with Crippen LogP contribution in [0.2, 0.25) is 0 Å². The molecule has 1 heterocycles. The Balaban J connectivity index is 1.81. The minimum absolute atomic E-state index is 0.0133. The number of carbonyl (C=O) groups excluding carboxylic acids is 2. The molecule has 3 rings (SSSR count). The normalized spacial score (nSPS) is 19.8. The molecule has 0 aromatic heterocycles. The second-order valence-electron chi connectivity index (χ2n) is 6.33. The topological polar surface area (TPSA) is 58.6 Å². The molecule has 0 unspecified atom stereocenters. The molecule has 26 heavy (non-hydrogen) atoms. The fourth-order valence-electron chi connectivity index (χ4n) is 2.88. The number of ether oxygens (including phenoxy) is 1. The Labute approximate surface area is 149 Å². The van der Waals surface area contributed by atoms with E-state index in [2.05, 4.69) is 10.1 Å². The average molecular weight is 360 g/mol. The van der Waals surface area contributed by atoms with E-state index in [1.807, 2.05) is 31.2 Å². The minimum Gasteiger partial charge on any atom is -0.435 e. The molecule has 1 saturated heterocycles. The van der Waals surface area contributed by atoms with Crippen molar-refractivity contribution in [3.8, 4) is 5.75 Å². The second-order valence-corrected chi connectivity index (χ2v) is 6.33. The van der Waals surface area contributed by atoms with Gasteiger partial charge in [0.25, 0.3) is 5.91 Å². The van der Waals surface area contributed by atoms with E-state index in [0.717, 1.165) is 16.0 Å². The molecule has 1 fully saturated rings. The fourth-order valence-corrected chi connectivity index (χ4v) is 2.88. The lowest BCUT2D eigenvalue weighted by Crippen LogP contribution is -2.40. The highest BCUT2D eigenvalue weighted by Gasteiger charge is 2.48. The third-order valence-corrected chi connectivity index (χ3v) is 4.39. The van der Waals surface area contributed by atoms with Crippen molar-refractivity contribution < 1.29 is 23.1 Å². The number of nitrogens with zero attached hydrogens (tertiary/aromatic N) is 1. The summed E-state index contributed by atoms with van der Waals surface area (Å²) in [7, 11) is 0. The predicted molar refractivity (Wildman–Crippen MR) is 90.7 cm³/mol. The van der Waals surface area contributed by atoms with E-state index in [9.17, 15) is 18.4 Å². The van der Waals surface area contributed by atoms with Gasteiger partial charge in [-0.1, -0.05) is 42.0 Å². The number of carbonyl (C=O) groups is 2. The zero-order valence-electron chi connectivity index (χ0n) is 14.3. The first-order valence-corrected chi connectivity index (χ1v) is 8.04. The predicted octanol–water partition coefficient (Wildman–Crippen LogP) is 3.56. The smallest absolute Gasteiger partial charge is 0.387 e. The molecule has 1 aliphatic heterocycles. The lowest BCUT2D eigenvalue weighted by Gasteiger charge is -2.22. The molecule has 1 atom stereocenters. The number of halogens is 2. The third kappa shape index (κ3) is 3.37. The number of urea groups is 1. The number of amides is 3. The molecule has 5 nitrogen and oxygen atoms in total. The fraction of sp³-hybridized carbons (Fsp3) is 0.263. The van der Waals surface area contributed by atoms with E-state index in [0.29, 0.717) is 5.56 Å². The van der Waals surface area contributed by atoms with Crippen molar-refractivity contribution in [2.75, 3.05) is 0 Å². The highest BCUT2D eigenvalue weighted by molar-refractivity contribution is 6.07. The minimum atomic E-state index is -2.92. The summed E-state index contributed by atoms with van der Waals surface area (Å²) in [5.41, 5.74) is 1.15. The van der Waals surface area contributed by atoms with Gasteiger partial charge in [0.15, 0.2) is 0 Å². The Kier molecular flexibility index (Phi) is 4.63. The molecule has 2 aromatic carbocycles. The van der Waals surface area contributed by atoms with Crippen LogP contribution in [0.15, 0.2) is 48.5 Å². The average Bonchev–Trinajstić information content (AvgIpc) is 2.81. The van der Waals surface area contributed by atoms with Gasteiger partial charge < -0.3 is 10.1 Å². The number of imide groups is 1. The quantitative estimate of drug-likeness (QED) is 0.830. The van der Waals surface area contributed by atoms with Crippen LogP contribution in [0.4, 0.5) is 13.6 Å². The van der Waals surface area contributed by atoms with Gasteiger partial charge in [-0.05, 0) is 37.1 Å². The summed E-state index contributed by atoms with van der Waals surface area (Å²) in [6.45, 7) is 0.781. The first kappa shape index (κ1) is 17.8. The second kappa shape index (κ2) is 6.74. The largest absolute Gasteiger partial charge is 0.435 e. The highest BCUT2D eigenvalue weighted by Crippen LogP contribution is 2.31. The maximum absolute atomic E-state index is 12.9. The van der Waals surface area contributed by atoms with Crippen molar-refractivity contribution in [2.45, 2.75) is 32.5 Å². The summed E-state index contributed by atoms with van der Waals surface area (Å²) in [6, 6.07) is 12.7. The molecule has 136 valence electrons. The van der Waals surface area contributed by atoms with Crippen molar-refractivity contribution in [2.24, 2.45) is 0 Å². The molecule has 0 spiro atoms. The number of aryl methyl sites for hydroxylation is 1. The highest BCUT2D eigenvalue weighted by atomic mass is 19.3. The van der Waals surface area contributed by atoms with Gasteiger partial charge in [0.2, 0.25) is 0 Å². The number of hydrogen-bond acceptors (Lipinski definition) is 3. The Hall–Kier alpha value is -2.96. The van der Waals surface area contributed by atoms with Gasteiger partial charge in [-0.3, -0.25) is 9.69 Å². The molecule has 3 amide bonds. The first-order chi connectivity index (χ1) is 12.3. The summed E-state index contributed by atoms with van der Waals surface area (Å²) in [6.07, 6.45) is 0. The van der Waals surface area contributed by atoms with Gasteiger partial charge in [0.1, 0.15) is 11.3 Å². The molecule has 2 aromatic rings.